The molecular formula is C19H28N4O2. The Hall–Kier alpha value is -1.92. The van der Waals surface area contributed by atoms with Gasteiger partial charge < -0.3 is 14.4 Å². The van der Waals surface area contributed by atoms with E-state index in [0.29, 0.717) is 11.8 Å². The molecule has 0 aromatic carbocycles. The van der Waals surface area contributed by atoms with E-state index < -0.39 is 0 Å². The standard InChI is InChI=1S/C19H28N4O2/c1-14-11-20-19(23(14)15(2)13-24)16-7-9-22(10-8-16)12-17-5-4-6-18(21-17)25-3/h4-6,11,15-16,24H,7-10,12-13H2,1-3H3/t15-/m1/s1. The Labute approximate surface area is 149 Å². The van der Waals surface area contributed by atoms with Gasteiger partial charge in [-0.15, -0.1) is 0 Å². The fourth-order valence-corrected chi connectivity index (χ4v) is 3.66. The highest BCUT2D eigenvalue weighted by Crippen LogP contribution is 2.30. The van der Waals surface area contributed by atoms with Gasteiger partial charge in [-0.2, -0.15) is 0 Å². The van der Waals surface area contributed by atoms with Crippen molar-refractivity contribution in [1.29, 1.82) is 0 Å². The fraction of sp³-hybridized carbons (Fsp3) is 0.579. The van der Waals surface area contributed by atoms with Crippen LogP contribution in [-0.4, -0.2) is 51.3 Å². The van der Waals surface area contributed by atoms with Crippen LogP contribution in [-0.2, 0) is 6.54 Å². The third-order valence-corrected chi connectivity index (χ3v) is 5.04. The van der Waals surface area contributed by atoms with E-state index in [9.17, 15) is 5.11 Å². The van der Waals surface area contributed by atoms with Gasteiger partial charge in [0.15, 0.2) is 0 Å². The van der Waals surface area contributed by atoms with Gasteiger partial charge in [-0.3, -0.25) is 4.90 Å². The summed E-state index contributed by atoms with van der Waals surface area (Å²) in [4.78, 5) is 11.6. The number of nitrogens with zero attached hydrogens (tertiary/aromatic N) is 4. The summed E-state index contributed by atoms with van der Waals surface area (Å²) in [6.07, 6.45) is 4.09. The molecule has 3 rings (SSSR count). The largest absolute Gasteiger partial charge is 0.481 e. The number of aryl methyl sites for hydroxylation is 1. The van der Waals surface area contributed by atoms with Gasteiger partial charge in [0.05, 0.1) is 25.5 Å². The molecular weight excluding hydrogens is 316 g/mol. The number of rotatable bonds is 6. The Morgan fingerprint density at radius 2 is 2.08 bits per heavy atom. The topological polar surface area (TPSA) is 63.4 Å². The van der Waals surface area contributed by atoms with Gasteiger partial charge >= 0.3 is 0 Å². The van der Waals surface area contributed by atoms with Crippen molar-refractivity contribution in [2.24, 2.45) is 0 Å². The zero-order valence-electron chi connectivity index (χ0n) is 15.4. The minimum absolute atomic E-state index is 0.0801. The van der Waals surface area contributed by atoms with Crippen LogP contribution < -0.4 is 4.74 Å². The van der Waals surface area contributed by atoms with Crippen LogP contribution >= 0.6 is 0 Å². The van der Waals surface area contributed by atoms with Crippen molar-refractivity contribution in [1.82, 2.24) is 19.4 Å². The number of hydrogen-bond donors (Lipinski definition) is 1. The molecule has 6 nitrogen and oxygen atoms in total. The van der Waals surface area contributed by atoms with Gasteiger partial charge in [0.25, 0.3) is 0 Å². The zero-order valence-corrected chi connectivity index (χ0v) is 15.4. The number of ether oxygens (including phenoxy) is 1. The molecule has 1 atom stereocenters. The molecule has 6 heteroatoms. The second-order valence-electron chi connectivity index (χ2n) is 6.88. The summed E-state index contributed by atoms with van der Waals surface area (Å²) in [7, 11) is 1.65. The van der Waals surface area contributed by atoms with Crippen LogP contribution in [0, 0.1) is 6.92 Å². The van der Waals surface area contributed by atoms with Crippen molar-refractivity contribution in [2.75, 3.05) is 26.8 Å². The summed E-state index contributed by atoms with van der Waals surface area (Å²) in [5.41, 5.74) is 2.17. The second-order valence-corrected chi connectivity index (χ2v) is 6.88. The molecule has 0 spiro atoms. The predicted octanol–water partition coefficient (Wildman–Crippen LogP) is 2.53. The van der Waals surface area contributed by atoms with E-state index >= 15 is 0 Å². The summed E-state index contributed by atoms with van der Waals surface area (Å²) in [6.45, 7) is 7.16. The molecule has 1 fully saturated rings. The lowest BCUT2D eigenvalue weighted by Crippen LogP contribution is -2.34. The van der Waals surface area contributed by atoms with Crippen molar-refractivity contribution >= 4 is 0 Å². The Kier molecular flexibility index (Phi) is 5.71. The highest BCUT2D eigenvalue weighted by atomic mass is 16.5. The summed E-state index contributed by atoms with van der Waals surface area (Å²) in [5, 5.41) is 9.53. The van der Waals surface area contributed by atoms with Gasteiger partial charge in [0.1, 0.15) is 5.82 Å². The van der Waals surface area contributed by atoms with E-state index in [1.54, 1.807) is 7.11 Å². The average molecular weight is 344 g/mol. The molecule has 2 aromatic heterocycles. The number of hydrogen-bond acceptors (Lipinski definition) is 5. The molecule has 0 amide bonds. The van der Waals surface area contributed by atoms with Crippen molar-refractivity contribution in [3.63, 3.8) is 0 Å². The number of pyridine rings is 1. The van der Waals surface area contributed by atoms with Crippen LogP contribution in [0.25, 0.3) is 0 Å². The molecule has 1 aliphatic rings. The summed E-state index contributed by atoms with van der Waals surface area (Å²) in [5.74, 6) is 2.25. The molecule has 0 saturated carbocycles. The van der Waals surface area contributed by atoms with E-state index in [2.05, 4.69) is 26.4 Å². The minimum atomic E-state index is 0.0801. The lowest BCUT2D eigenvalue weighted by atomic mass is 9.95. The summed E-state index contributed by atoms with van der Waals surface area (Å²) < 4.78 is 7.40. The van der Waals surface area contributed by atoms with E-state index in [-0.39, 0.29) is 12.6 Å². The molecule has 25 heavy (non-hydrogen) atoms. The predicted molar refractivity (Wildman–Crippen MR) is 96.8 cm³/mol. The smallest absolute Gasteiger partial charge is 0.213 e. The molecule has 0 aliphatic carbocycles. The van der Waals surface area contributed by atoms with Crippen molar-refractivity contribution < 1.29 is 9.84 Å². The van der Waals surface area contributed by atoms with Crippen molar-refractivity contribution in [3.8, 4) is 5.88 Å². The first-order valence-electron chi connectivity index (χ1n) is 8.99. The van der Waals surface area contributed by atoms with Gasteiger partial charge in [0.2, 0.25) is 5.88 Å². The van der Waals surface area contributed by atoms with Crippen LogP contribution in [0.4, 0.5) is 0 Å². The highest BCUT2D eigenvalue weighted by molar-refractivity contribution is 5.16. The molecule has 0 radical (unpaired) electrons. The SMILES string of the molecule is COc1cccc(CN2CCC(c3ncc(C)n3[C@H](C)CO)CC2)n1. The first kappa shape index (κ1) is 17.9. The van der Waals surface area contributed by atoms with E-state index in [4.69, 9.17) is 4.74 Å². The van der Waals surface area contributed by atoms with Crippen LogP contribution in [0.5, 0.6) is 5.88 Å². The maximum atomic E-state index is 9.53. The van der Waals surface area contributed by atoms with Gasteiger partial charge in [-0.1, -0.05) is 6.07 Å². The van der Waals surface area contributed by atoms with Gasteiger partial charge in [-0.05, 0) is 45.8 Å². The quantitative estimate of drug-likeness (QED) is 0.872. The van der Waals surface area contributed by atoms with Crippen LogP contribution in [0.2, 0.25) is 0 Å². The third kappa shape index (κ3) is 4.02. The highest BCUT2D eigenvalue weighted by Gasteiger charge is 2.26. The molecule has 1 saturated heterocycles. The number of imidazole rings is 1. The monoisotopic (exact) mass is 344 g/mol. The normalized spacial score (nSPS) is 17.6. The maximum absolute atomic E-state index is 9.53. The van der Waals surface area contributed by atoms with Crippen LogP contribution in [0.1, 0.15) is 48.9 Å². The van der Waals surface area contributed by atoms with E-state index in [1.807, 2.05) is 31.3 Å². The average Bonchev–Trinajstić information content (AvgIpc) is 3.03. The molecule has 136 valence electrons. The summed E-state index contributed by atoms with van der Waals surface area (Å²) in [6, 6.07) is 5.99. The molecule has 3 heterocycles. The first-order chi connectivity index (χ1) is 12.1. The zero-order chi connectivity index (χ0) is 17.8. The van der Waals surface area contributed by atoms with E-state index in [0.717, 1.165) is 49.7 Å². The lowest BCUT2D eigenvalue weighted by Gasteiger charge is -2.32. The lowest BCUT2D eigenvalue weighted by molar-refractivity contribution is 0.191. The summed E-state index contributed by atoms with van der Waals surface area (Å²) >= 11 is 0. The first-order valence-corrected chi connectivity index (χ1v) is 8.99. The van der Waals surface area contributed by atoms with Gasteiger partial charge in [-0.25, -0.2) is 9.97 Å². The Balaban J connectivity index is 1.62. The van der Waals surface area contributed by atoms with Gasteiger partial charge in [0, 0.05) is 30.4 Å². The molecule has 1 aliphatic heterocycles. The molecule has 0 bridgehead atoms. The molecule has 1 N–H and O–H groups in total. The Morgan fingerprint density at radius 1 is 1.32 bits per heavy atom. The Bertz CT molecular complexity index is 692. The molecule has 2 aromatic rings. The molecule has 0 unspecified atom stereocenters. The van der Waals surface area contributed by atoms with Crippen LogP contribution in [0.3, 0.4) is 0 Å². The van der Waals surface area contributed by atoms with Crippen molar-refractivity contribution in [2.45, 2.75) is 45.2 Å². The second kappa shape index (κ2) is 7.97. The number of methoxy groups -OCH3 is 1. The van der Waals surface area contributed by atoms with E-state index in [1.165, 1.54) is 0 Å². The number of aliphatic hydroxyl groups is 1. The van der Waals surface area contributed by atoms with Crippen LogP contribution in [0.15, 0.2) is 24.4 Å². The maximum Gasteiger partial charge on any atom is 0.213 e. The number of piperidine rings is 1. The number of aliphatic hydroxyl groups excluding tert-OH is 1. The van der Waals surface area contributed by atoms with Crippen molar-refractivity contribution in [3.05, 3.63) is 41.6 Å². The Morgan fingerprint density at radius 3 is 2.76 bits per heavy atom. The number of aromatic nitrogens is 3. The fourth-order valence-electron chi connectivity index (χ4n) is 3.66. The third-order valence-electron chi connectivity index (χ3n) is 5.04. The number of likely N-dealkylation sites (tertiary alicyclic amines) is 1. The minimum Gasteiger partial charge on any atom is -0.481 e.